The summed E-state index contributed by atoms with van der Waals surface area (Å²) >= 11 is 0. The molecule has 0 aromatic rings. The molecule has 0 saturated heterocycles. The van der Waals surface area contributed by atoms with Crippen molar-refractivity contribution in [2.24, 2.45) is 5.73 Å². The van der Waals surface area contributed by atoms with Crippen LogP contribution in [0, 0.1) is 0 Å². The molecular weight excluding hydrogens is 659 g/mol. The minimum Gasteiger partial charge on any atom is -0.387 e. The van der Waals surface area contributed by atoms with E-state index in [1.54, 1.807) is 6.08 Å². The molecule has 0 rings (SSSR count). The van der Waals surface area contributed by atoms with Gasteiger partial charge in [0.05, 0.1) is 25.4 Å². The molecule has 0 fully saturated rings. The van der Waals surface area contributed by atoms with E-state index in [0.29, 0.717) is 6.42 Å². The van der Waals surface area contributed by atoms with E-state index in [1.807, 2.05) is 6.08 Å². The van der Waals surface area contributed by atoms with E-state index in [-0.39, 0.29) is 25.7 Å². The zero-order chi connectivity index (χ0) is 37.5. The number of phosphoric ester groups is 1. The molecule has 0 spiro atoms. The highest BCUT2D eigenvalue weighted by Crippen LogP contribution is 2.43. The molecule has 0 heterocycles. The third-order valence-corrected chi connectivity index (χ3v) is 8.59. The Morgan fingerprint density at radius 3 is 1.73 bits per heavy atom. The molecule has 0 aliphatic heterocycles. The van der Waals surface area contributed by atoms with Gasteiger partial charge in [-0.15, -0.1) is 0 Å². The molecule has 3 atom stereocenters. The van der Waals surface area contributed by atoms with Gasteiger partial charge >= 0.3 is 7.82 Å². The average Bonchev–Trinajstić information content (AvgIpc) is 3.12. The summed E-state index contributed by atoms with van der Waals surface area (Å²) in [5.74, 6) is -0.235. The summed E-state index contributed by atoms with van der Waals surface area (Å²) in [7, 11) is -4.36. The van der Waals surface area contributed by atoms with E-state index in [4.69, 9.17) is 14.8 Å². The normalized spacial score (nSPS) is 15.3. The maximum atomic E-state index is 12.7. The fourth-order valence-corrected chi connectivity index (χ4v) is 5.48. The Hall–Kier alpha value is -2.58. The second-order valence-electron chi connectivity index (χ2n) is 12.4. The van der Waals surface area contributed by atoms with Crippen molar-refractivity contribution in [1.82, 2.24) is 5.32 Å². The number of hydrogen-bond acceptors (Lipinski definition) is 6. The van der Waals surface area contributed by atoms with Gasteiger partial charge in [0.2, 0.25) is 5.91 Å². The average molecular weight is 731 g/mol. The first-order valence-corrected chi connectivity index (χ1v) is 20.9. The van der Waals surface area contributed by atoms with Crippen molar-refractivity contribution in [1.29, 1.82) is 0 Å². The van der Waals surface area contributed by atoms with Gasteiger partial charge < -0.3 is 21.1 Å². The number of nitrogens with one attached hydrogen (secondary N) is 1. The molecule has 0 aliphatic rings. The Morgan fingerprint density at radius 2 is 1.16 bits per heavy atom. The van der Waals surface area contributed by atoms with E-state index in [9.17, 15) is 19.4 Å². The van der Waals surface area contributed by atoms with Crippen LogP contribution in [0.5, 0.6) is 0 Å². The number of aliphatic hydroxyl groups is 1. The number of nitrogens with two attached hydrogens (primary N) is 1. The van der Waals surface area contributed by atoms with Crippen LogP contribution >= 0.6 is 7.82 Å². The van der Waals surface area contributed by atoms with Gasteiger partial charge in [0.15, 0.2) is 0 Å². The van der Waals surface area contributed by atoms with Crippen LogP contribution < -0.4 is 11.1 Å². The van der Waals surface area contributed by atoms with Gasteiger partial charge in [0.25, 0.3) is 0 Å². The van der Waals surface area contributed by atoms with Gasteiger partial charge in [-0.3, -0.25) is 13.8 Å². The van der Waals surface area contributed by atoms with Gasteiger partial charge in [-0.2, -0.15) is 0 Å². The van der Waals surface area contributed by atoms with Crippen LogP contribution in [0.3, 0.4) is 0 Å². The number of hydrogen-bond donors (Lipinski definition) is 4. The first kappa shape index (κ1) is 48.4. The van der Waals surface area contributed by atoms with Gasteiger partial charge in [0, 0.05) is 13.0 Å². The molecule has 0 aromatic carbocycles. The van der Waals surface area contributed by atoms with Crippen molar-refractivity contribution < 1.29 is 28.4 Å². The number of allylic oxidation sites excluding steroid dienone is 15. The van der Waals surface area contributed by atoms with Crippen molar-refractivity contribution in [3.8, 4) is 0 Å². The Balaban J connectivity index is 4.35. The second-order valence-corrected chi connectivity index (χ2v) is 13.8. The minimum atomic E-state index is -4.36. The summed E-state index contributed by atoms with van der Waals surface area (Å²) in [5, 5.41) is 13.5. The largest absolute Gasteiger partial charge is 0.472 e. The van der Waals surface area contributed by atoms with E-state index in [2.05, 4.69) is 104 Å². The van der Waals surface area contributed by atoms with Crippen molar-refractivity contribution in [2.45, 2.75) is 142 Å². The Labute approximate surface area is 311 Å². The Morgan fingerprint density at radius 1 is 0.667 bits per heavy atom. The predicted octanol–water partition coefficient (Wildman–Crippen LogP) is 10.4. The predicted molar refractivity (Wildman–Crippen MR) is 216 cm³/mol. The lowest BCUT2D eigenvalue weighted by Crippen LogP contribution is -2.45. The molecule has 290 valence electrons. The number of unbranched alkanes of at least 4 members (excludes halogenated alkanes) is 8. The van der Waals surface area contributed by atoms with Crippen LogP contribution in [0.25, 0.3) is 0 Å². The third-order valence-electron chi connectivity index (χ3n) is 7.60. The zero-order valence-corrected chi connectivity index (χ0v) is 32.7. The number of carbonyl (C=O) groups is 1. The van der Waals surface area contributed by atoms with Gasteiger partial charge in [-0.05, 0) is 83.5 Å². The highest BCUT2D eigenvalue weighted by Gasteiger charge is 2.26. The van der Waals surface area contributed by atoms with Gasteiger partial charge in [-0.1, -0.05) is 137 Å². The van der Waals surface area contributed by atoms with Crippen molar-refractivity contribution >= 4 is 13.7 Å². The van der Waals surface area contributed by atoms with Crippen LogP contribution in [0.15, 0.2) is 97.2 Å². The van der Waals surface area contributed by atoms with Crippen LogP contribution in [0.4, 0.5) is 0 Å². The summed E-state index contributed by atoms with van der Waals surface area (Å²) in [6.07, 6.45) is 50.3. The van der Waals surface area contributed by atoms with Crippen LogP contribution in [-0.2, 0) is 18.4 Å². The Bertz CT molecular complexity index is 1110. The third kappa shape index (κ3) is 35.6. The summed E-state index contributed by atoms with van der Waals surface area (Å²) in [5.41, 5.74) is 5.35. The second kappa shape index (κ2) is 37.2. The number of amides is 1. The van der Waals surface area contributed by atoms with Crippen LogP contribution in [0.1, 0.15) is 129 Å². The molecule has 0 radical (unpaired) electrons. The molecule has 8 nitrogen and oxygen atoms in total. The fraction of sp³-hybridized carbons (Fsp3) is 0.595. The number of phosphoric acid groups is 1. The molecule has 51 heavy (non-hydrogen) atoms. The number of rotatable bonds is 34. The standard InChI is InChI=1S/C42H71N2O6P/c1-3-5-7-9-11-13-15-16-17-18-19-20-21-22-23-24-26-28-30-32-34-36-42(46)44-40(39-50-51(47,48)49-38-37-43)41(45)35-33-31-29-27-25-14-12-10-8-6-4-2/h5,7-8,10-11,13,16-17,19-20,22-23,25,27,33,35,40-41,45H,3-4,6,9,12,14-15,18,21,24,26,28-32,34,36-39,43H2,1-2H3,(H,44,46)(H,47,48)/b7-5-,10-8+,13-11-,17-16-,20-19-,23-22-,27-25+,35-33+. The number of aliphatic hydroxyl groups excluding tert-OH is 1. The van der Waals surface area contributed by atoms with E-state index < -0.39 is 20.0 Å². The highest BCUT2D eigenvalue weighted by atomic mass is 31.2. The first-order chi connectivity index (χ1) is 24.9. The van der Waals surface area contributed by atoms with Crippen LogP contribution in [0.2, 0.25) is 0 Å². The smallest absolute Gasteiger partial charge is 0.387 e. The number of carbonyl (C=O) groups excluding carboxylic acids is 1. The highest BCUT2D eigenvalue weighted by molar-refractivity contribution is 7.47. The molecular formula is C42H71N2O6P. The fourth-order valence-electron chi connectivity index (χ4n) is 4.72. The molecule has 5 N–H and O–H groups in total. The van der Waals surface area contributed by atoms with E-state index in [0.717, 1.165) is 109 Å². The van der Waals surface area contributed by atoms with Crippen molar-refractivity contribution in [3.63, 3.8) is 0 Å². The van der Waals surface area contributed by atoms with Crippen LogP contribution in [-0.4, -0.2) is 47.8 Å². The molecule has 0 aromatic heterocycles. The van der Waals surface area contributed by atoms with E-state index in [1.165, 1.54) is 0 Å². The quantitative estimate of drug-likeness (QED) is 0.0294. The van der Waals surface area contributed by atoms with Gasteiger partial charge in [0.1, 0.15) is 0 Å². The lowest BCUT2D eigenvalue weighted by atomic mass is 10.1. The maximum Gasteiger partial charge on any atom is 0.472 e. The topological polar surface area (TPSA) is 131 Å². The molecule has 3 unspecified atom stereocenters. The lowest BCUT2D eigenvalue weighted by molar-refractivity contribution is -0.123. The summed E-state index contributed by atoms with van der Waals surface area (Å²) < 4.78 is 22.0. The lowest BCUT2D eigenvalue weighted by Gasteiger charge is -2.23. The zero-order valence-electron chi connectivity index (χ0n) is 31.8. The Kier molecular flexibility index (Phi) is 35.3. The SMILES string of the molecule is CC/C=C\C/C=C\C/C=C\C/C=C\C/C=C\CCCCCCCC(=O)NC(COP(=O)(O)OCCN)C(O)/C=C/CC/C=C/CC/C=C/CCC. The molecule has 9 heteroatoms. The van der Waals surface area contributed by atoms with Crippen molar-refractivity contribution in [3.05, 3.63) is 97.2 Å². The first-order valence-electron chi connectivity index (χ1n) is 19.4. The molecule has 1 amide bonds. The monoisotopic (exact) mass is 731 g/mol. The molecule has 0 saturated carbocycles. The van der Waals surface area contributed by atoms with E-state index >= 15 is 0 Å². The van der Waals surface area contributed by atoms with Gasteiger partial charge in [-0.25, -0.2) is 4.57 Å². The maximum absolute atomic E-state index is 12.7. The summed E-state index contributed by atoms with van der Waals surface area (Å²) in [6.45, 7) is 3.86. The minimum absolute atomic E-state index is 0.0623. The molecule has 0 bridgehead atoms. The summed E-state index contributed by atoms with van der Waals surface area (Å²) in [4.78, 5) is 22.6. The summed E-state index contributed by atoms with van der Waals surface area (Å²) in [6, 6.07) is -0.898. The molecule has 0 aliphatic carbocycles. The van der Waals surface area contributed by atoms with Crippen molar-refractivity contribution in [2.75, 3.05) is 19.8 Å².